The molecule has 1 aliphatic heterocycles. The van der Waals surface area contributed by atoms with Crippen LogP contribution in [0.1, 0.15) is 40.5 Å². The SMILES string of the molecule is C=C1CCC2OC(=O)/C(=C\C)C2=C1C(C)(C)C. The smallest absolute Gasteiger partial charge is 0.338 e. The lowest BCUT2D eigenvalue weighted by molar-refractivity contribution is -0.138. The zero-order valence-electron chi connectivity index (χ0n) is 11.1. The topological polar surface area (TPSA) is 26.3 Å². The fraction of sp³-hybridized carbons (Fsp3) is 0.533. The summed E-state index contributed by atoms with van der Waals surface area (Å²) in [6, 6.07) is 0. The molecule has 1 unspecified atom stereocenters. The molecule has 2 heteroatoms. The summed E-state index contributed by atoms with van der Waals surface area (Å²) in [5.74, 6) is -0.177. The number of hydrogen-bond acceptors (Lipinski definition) is 2. The van der Waals surface area contributed by atoms with Crippen molar-refractivity contribution in [3.63, 3.8) is 0 Å². The average Bonchev–Trinajstić information content (AvgIpc) is 2.51. The van der Waals surface area contributed by atoms with Crippen LogP contribution in [0.5, 0.6) is 0 Å². The minimum atomic E-state index is -0.177. The van der Waals surface area contributed by atoms with Crippen molar-refractivity contribution >= 4 is 5.97 Å². The number of ether oxygens (including phenoxy) is 1. The number of carbonyl (C=O) groups is 1. The van der Waals surface area contributed by atoms with Crippen LogP contribution in [0.15, 0.2) is 34.9 Å². The summed E-state index contributed by atoms with van der Waals surface area (Å²) in [6.07, 6.45) is 3.61. The van der Waals surface area contributed by atoms with E-state index >= 15 is 0 Å². The summed E-state index contributed by atoms with van der Waals surface area (Å²) in [5.41, 5.74) is 4.20. The third kappa shape index (κ3) is 1.86. The van der Waals surface area contributed by atoms with Gasteiger partial charge in [0.2, 0.25) is 0 Å². The first-order valence-electron chi connectivity index (χ1n) is 6.16. The van der Waals surface area contributed by atoms with E-state index in [9.17, 15) is 4.79 Å². The highest BCUT2D eigenvalue weighted by atomic mass is 16.5. The van der Waals surface area contributed by atoms with E-state index in [0.717, 1.165) is 29.6 Å². The largest absolute Gasteiger partial charge is 0.454 e. The third-order valence-electron chi connectivity index (χ3n) is 3.45. The van der Waals surface area contributed by atoms with E-state index < -0.39 is 0 Å². The van der Waals surface area contributed by atoms with Gasteiger partial charge in [0.1, 0.15) is 6.10 Å². The van der Waals surface area contributed by atoms with E-state index in [2.05, 4.69) is 27.4 Å². The highest BCUT2D eigenvalue weighted by molar-refractivity contribution is 5.98. The molecule has 1 atom stereocenters. The molecule has 2 rings (SSSR count). The van der Waals surface area contributed by atoms with Gasteiger partial charge >= 0.3 is 5.97 Å². The first-order chi connectivity index (χ1) is 7.86. The second kappa shape index (κ2) is 3.86. The van der Waals surface area contributed by atoms with Crippen molar-refractivity contribution in [2.24, 2.45) is 5.41 Å². The van der Waals surface area contributed by atoms with Crippen molar-refractivity contribution in [1.29, 1.82) is 0 Å². The molecule has 0 radical (unpaired) electrons. The Morgan fingerprint density at radius 3 is 2.59 bits per heavy atom. The van der Waals surface area contributed by atoms with Gasteiger partial charge in [0.15, 0.2) is 0 Å². The van der Waals surface area contributed by atoms with Gasteiger partial charge in [-0.3, -0.25) is 0 Å². The summed E-state index contributed by atoms with van der Waals surface area (Å²) >= 11 is 0. The Balaban J connectivity index is 2.66. The molecule has 0 saturated carbocycles. The zero-order valence-corrected chi connectivity index (χ0v) is 11.1. The molecule has 0 amide bonds. The van der Waals surface area contributed by atoms with E-state index in [0.29, 0.717) is 0 Å². The van der Waals surface area contributed by atoms with Crippen molar-refractivity contribution in [1.82, 2.24) is 0 Å². The highest BCUT2D eigenvalue weighted by Gasteiger charge is 2.41. The average molecular weight is 232 g/mol. The Labute approximate surface area is 103 Å². The van der Waals surface area contributed by atoms with E-state index in [1.807, 2.05) is 13.0 Å². The van der Waals surface area contributed by atoms with Gasteiger partial charge in [-0.25, -0.2) is 4.79 Å². The molecule has 0 spiro atoms. The van der Waals surface area contributed by atoms with Gasteiger partial charge in [-0.15, -0.1) is 0 Å². The maximum absolute atomic E-state index is 11.8. The molecule has 0 aromatic heterocycles. The van der Waals surface area contributed by atoms with Crippen LogP contribution in [0.3, 0.4) is 0 Å². The van der Waals surface area contributed by atoms with Gasteiger partial charge in [0.25, 0.3) is 0 Å². The van der Waals surface area contributed by atoms with E-state index in [1.165, 1.54) is 5.57 Å². The van der Waals surface area contributed by atoms with Gasteiger partial charge in [-0.05, 0) is 30.8 Å². The number of rotatable bonds is 0. The van der Waals surface area contributed by atoms with Crippen LogP contribution in [0.25, 0.3) is 0 Å². The highest BCUT2D eigenvalue weighted by Crippen LogP contribution is 2.46. The molecule has 0 N–H and O–H groups in total. The number of hydrogen-bond donors (Lipinski definition) is 0. The van der Waals surface area contributed by atoms with Crippen molar-refractivity contribution in [2.45, 2.75) is 46.6 Å². The lowest BCUT2D eigenvalue weighted by atomic mass is 9.72. The van der Waals surface area contributed by atoms with Crippen LogP contribution < -0.4 is 0 Å². The number of allylic oxidation sites excluding steroid dienone is 3. The van der Waals surface area contributed by atoms with Gasteiger partial charge in [-0.1, -0.05) is 39.0 Å². The van der Waals surface area contributed by atoms with Gasteiger partial charge in [-0.2, -0.15) is 0 Å². The first kappa shape index (κ1) is 12.2. The summed E-state index contributed by atoms with van der Waals surface area (Å²) in [7, 11) is 0. The van der Waals surface area contributed by atoms with Gasteiger partial charge in [0.05, 0.1) is 5.57 Å². The van der Waals surface area contributed by atoms with Crippen molar-refractivity contribution in [3.8, 4) is 0 Å². The molecule has 0 aromatic carbocycles. The Morgan fingerprint density at radius 1 is 1.41 bits per heavy atom. The number of esters is 1. The molecular formula is C15H20O2. The van der Waals surface area contributed by atoms with Crippen molar-refractivity contribution in [3.05, 3.63) is 34.9 Å². The Bertz CT molecular complexity index is 444. The Hall–Kier alpha value is -1.31. The molecule has 92 valence electrons. The quantitative estimate of drug-likeness (QED) is 0.471. The molecule has 1 fully saturated rings. The normalized spacial score (nSPS) is 27.5. The van der Waals surface area contributed by atoms with E-state index in [4.69, 9.17) is 4.74 Å². The fourth-order valence-corrected chi connectivity index (χ4v) is 2.86. The number of fused-ring (bicyclic) bond motifs is 1. The number of carbonyl (C=O) groups excluding carboxylic acids is 1. The van der Waals surface area contributed by atoms with Crippen molar-refractivity contribution in [2.75, 3.05) is 0 Å². The Morgan fingerprint density at radius 2 is 2.06 bits per heavy atom. The monoisotopic (exact) mass is 232 g/mol. The van der Waals surface area contributed by atoms with Gasteiger partial charge < -0.3 is 4.74 Å². The summed E-state index contributed by atoms with van der Waals surface area (Å²) in [5, 5.41) is 0. The zero-order chi connectivity index (χ0) is 12.8. The molecule has 2 nitrogen and oxygen atoms in total. The minimum Gasteiger partial charge on any atom is -0.454 e. The lowest BCUT2D eigenvalue weighted by Crippen LogP contribution is -2.23. The molecular weight excluding hydrogens is 212 g/mol. The van der Waals surface area contributed by atoms with Crippen LogP contribution in [0.2, 0.25) is 0 Å². The molecule has 1 aliphatic carbocycles. The van der Waals surface area contributed by atoms with Gasteiger partial charge in [0, 0.05) is 5.57 Å². The van der Waals surface area contributed by atoms with Crippen molar-refractivity contribution < 1.29 is 9.53 Å². The second-order valence-corrected chi connectivity index (χ2v) is 5.78. The molecule has 0 bridgehead atoms. The second-order valence-electron chi connectivity index (χ2n) is 5.78. The predicted molar refractivity (Wildman–Crippen MR) is 68.5 cm³/mol. The van der Waals surface area contributed by atoms with Crippen LogP contribution in [-0.2, 0) is 9.53 Å². The molecule has 2 aliphatic rings. The van der Waals surface area contributed by atoms with Crippen LogP contribution in [-0.4, -0.2) is 12.1 Å². The maximum atomic E-state index is 11.8. The van der Waals surface area contributed by atoms with Crippen LogP contribution in [0, 0.1) is 5.41 Å². The van der Waals surface area contributed by atoms with Crippen LogP contribution in [0.4, 0.5) is 0 Å². The Kier molecular flexibility index (Phi) is 2.76. The minimum absolute atomic E-state index is 0.00727. The summed E-state index contributed by atoms with van der Waals surface area (Å²) in [4.78, 5) is 11.8. The third-order valence-corrected chi connectivity index (χ3v) is 3.45. The molecule has 0 aromatic rings. The van der Waals surface area contributed by atoms with E-state index in [1.54, 1.807) is 0 Å². The standard InChI is InChI=1S/C15H20O2/c1-6-10-12-11(17-14(10)16)8-7-9(2)13(12)15(3,4)5/h6,11H,2,7-8H2,1,3-5H3/b10-6-. The summed E-state index contributed by atoms with van der Waals surface area (Å²) < 4.78 is 5.44. The van der Waals surface area contributed by atoms with E-state index in [-0.39, 0.29) is 17.5 Å². The summed E-state index contributed by atoms with van der Waals surface area (Å²) in [6.45, 7) is 12.6. The maximum Gasteiger partial charge on any atom is 0.338 e. The fourth-order valence-electron chi connectivity index (χ4n) is 2.86. The predicted octanol–water partition coefficient (Wildman–Crippen LogP) is 3.55. The van der Waals surface area contributed by atoms with Crippen LogP contribution >= 0.6 is 0 Å². The lowest BCUT2D eigenvalue weighted by Gasteiger charge is -2.32. The molecule has 1 saturated heterocycles. The first-order valence-corrected chi connectivity index (χ1v) is 6.16. The molecule has 17 heavy (non-hydrogen) atoms. The molecule has 1 heterocycles.